The van der Waals surface area contributed by atoms with Gasteiger partial charge in [-0.05, 0) is 48.5 Å². The fourth-order valence-corrected chi connectivity index (χ4v) is 3.43. The van der Waals surface area contributed by atoms with Crippen molar-refractivity contribution in [1.29, 1.82) is 0 Å². The topological polar surface area (TPSA) is 75.6 Å². The first kappa shape index (κ1) is 18.3. The van der Waals surface area contributed by atoms with Crippen molar-refractivity contribution in [1.82, 2.24) is 9.88 Å². The van der Waals surface area contributed by atoms with Crippen molar-refractivity contribution >= 4 is 17.2 Å². The van der Waals surface area contributed by atoms with Crippen LogP contribution < -0.4 is 10.6 Å². The quantitative estimate of drug-likeness (QED) is 0.545. The number of hydrogen-bond acceptors (Lipinski definition) is 6. The Kier molecular flexibility index (Phi) is 5.12. The number of pyridine rings is 1. The summed E-state index contributed by atoms with van der Waals surface area (Å²) >= 11 is 0. The summed E-state index contributed by atoms with van der Waals surface area (Å²) < 4.78 is 5.14. The van der Waals surface area contributed by atoms with Crippen LogP contribution in [0.3, 0.4) is 0 Å². The normalized spacial score (nSPS) is 15.0. The number of hydrogen-bond donors (Lipinski definition) is 1. The van der Waals surface area contributed by atoms with Gasteiger partial charge in [0.25, 0.3) is 0 Å². The number of nitrogen functional groups attached to an aromatic ring is 1. The molecule has 1 saturated heterocycles. The maximum atomic E-state index is 12.7. The SMILES string of the molecule is CN1CCN(c2ccc(C(=O)Cc3cc(-c4ccoc4)ccc3N)nc2)CC1. The van der Waals surface area contributed by atoms with Gasteiger partial charge < -0.3 is 20.0 Å². The second-order valence-electron chi connectivity index (χ2n) is 7.22. The number of nitrogens with two attached hydrogens (primary N) is 1. The van der Waals surface area contributed by atoms with Gasteiger partial charge in [-0.1, -0.05) is 6.07 Å². The van der Waals surface area contributed by atoms with E-state index in [1.165, 1.54) is 0 Å². The minimum Gasteiger partial charge on any atom is -0.472 e. The van der Waals surface area contributed by atoms with Gasteiger partial charge in [-0.15, -0.1) is 0 Å². The number of nitrogens with zero attached hydrogens (tertiary/aromatic N) is 3. The van der Waals surface area contributed by atoms with E-state index in [2.05, 4.69) is 21.8 Å². The summed E-state index contributed by atoms with van der Waals surface area (Å²) in [7, 11) is 2.13. The highest BCUT2D eigenvalue weighted by Gasteiger charge is 2.16. The third kappa shape index (κ3) is 3.92. The number of furan rings is 1. The van der Waals surface area contributed by atoms with Crippen LogP contribution in [-0.2, 0) is 6.42 Å². The van der Waals surface area contributed by atoms with E-state index in [1.807, 2.05) is 36.4 Å². The molecule has 1 fully saturated rings. The molecule has 0 amide bonds. The summed E-state index contributed by atoms with van der Waals surface area (Å²) in [6.07, 6.45) is 5.32. The van der Waals surface area contributed by atoms with E-state index in [0.29, 0.717) is 11.4 Å². The molecule has 0 atom stereocenters. The van der Waals surface area contributed by atoms with Gasteiger partial charge in [-0.3, -0.25) is 9.78 Å². The standard InChI is InChI=1S/C22H24N4O2/c1-25-7-9-26(10-8-25)19-3-5-21(24-14-19)22(27)13-18-12-16(2-4-20(18)23)17-6-11-28-15-17/h2-6,11-12,14-15H,7-10,13,23H2,1H3. The van der Waals surface area contributed by atoms with E-state index in [0.717, 1.165) is 48.6 Å². The zero-order valence-corrected chi connectivity index (χ0v) is 16.0. The molecule has 4 rings (SSSR count). The van der Waals surface area contributed by atoms with Crippen LogP contribution in [0, 0.1) is 0 Å². The maximum absolute atomic E-state index is 12.7. The number of rotatable bonds is 5. The molecule has 1 aliphatic heterocycles. The number of anilines is 2. The van der Waals surface area contributed by atoms with Crippen molar-refractivity contribution in [3.63, 3.8) is 0 Å². The zero-order chi connectivity index (χ0) is 19.5. The molecule has 0 spiro atoms. The van der Waals surface area contributed by atoms with E-state index in [4.69, 9.17) is 10.2 Å². The smallest absolute Gasteiger partial charge is 0.185 e. The van der Waals surface area contributed by atoms with Gasteiger partial charge in [0.2, 0.25) is 0 Å². The Morgan fingerprint density at radius 2 is 1.93 bits per heavy atom. The van der Waals surface area contributed by atoms with Crippen molar-refractivity contribution in [3.05, 3.63) is 66.4 Å². The first-order valence-corrected chi connectivity index (χ1v) is 9.44. The lowest BCUT2D eigenvalue weighted by Crippen LogP contribution is -2.44. The van der Waals surface area contributed by atoms with E-state index in [1.54, 1.807) is 18.7 Å². The molecule has 6 heteroatoms. The number of benzene rings is 1. The highest BCUT2D eigenvalue weighted by Crippen LogP contribution is 2.25. The fraction of sp³-hybridized carbons (Fsp3) is 0.273. The van der Waals surface area contributed by atoms with Crippen molar-refractivity contribution in [2.75, 3.05) is 43.9 Å². The van der Waals surface area contributed by atoms with Crippen molar-refractivity contribution in [2.45, 2.75) is 6.42 Å². The molecule has 2 N–H and O–H groups in total. The van der Waals surface area contributed by atoms with Crippen molar-refractivity contribution < 1.29 is 9.21 Å². The van der Waals surface area contributed by atoms with Gasteiger partial charge in [-0.25, -0.2) is 0 Å². The lowest BCUT2D eigenvalue weighted by Gasteiger charge is -2.33. The van der Waals surface area contributed by atoms with Crippen molar-refractivity contribution in [3.8, 4) is 11.1 Å². The summed E-state index contributed by atoms with van der Waals surface area (Å²) in [6, 6.07) is 11.4. The Morgan fingerprint density at radius 1 is 1.11 bits per heavy atom. The van der Waals surface area contributed by atoms with Crippen LogP contribution in [0.5, 0.6) is 0 Å². The molecule has 28 heavy (non-hydrogen) atoms. The minimum atomic E-state index is -0.0408. The lowest BCUT2D eigenvalue weighted by atomic mass is 9.99. The Labute approximate surface area is 164 Å². The van der Waals surface area contributed by atoms with Gasteiger partial charge >= 0.3 is 0 Å². The van der Waals surface area contributed by atoms with Crippen LogP contribution in [0.4, 0.5) is 11.4 Å². The van der Waals surface area contributed by atoms with Crippen LogP contribution in [0.2, 0.25) is 0 Å². The molecule has 144 valence electrons. The number of carbonyl (C=O) groups excluding carboxylic acids is 1. The molecule has 1 aromatic carbocycles. The predicted octanol–water partition coefficient (Wildman–Crippen LogP) is 3.10. The second kappa shape index (κ2) is 7.86. The molecule has 0 saturated carbocycles. The number of ketones is 1. The summed E-state index contributed by atoms with van der Waals surface area (Å²) in [6.45, 7) is 4.02. The Hall–Kier alpha value is -3.12. The van der Waals surface area contributed by atoms with Gasteiger partial charge in [0.15, 0.2) is 5.78 Å². The van der Waals surface area contributed by atoms with Crippen LogP contribution in [0.1, 0.15) is 16.1 Å². The van der Waals surface area contributed by atoms with Gasteiger partial charge in [-0.2, -0.15) is 0 Å². The molecule has 0 bridgehead atoms. The highest BCUT2D eigenvalue weighted by atomic mass is 16.3. The molecule has 0 unspecified atom stereocenters. The number of likely N-dealkylation sites (N-methyl/N-ethyl adjacent to an activating group) is 1. The van der Waals surface area contributed by atoms with Gasteiger partial charge in [0.05, 0.1) is 24.4 Å². The molecule has 0 aliphatic carbocycles. The maximum Gasteiger partial charge on any atom is 0.185 e. The number of carbonyl (C=O) groups is 1. The largest absolute Gasteiger partial charge is 0.472 e. The third-order valence-corrected chi connectivity index (χ3v) is 5.25. The van der Waals surface area contributed by atoms with E-state index < -0.39 is 0 Å². The highest BCUT2D eigenvalue weighted by molar-refractivity contribution is 5.96. The van der Waals surface area contributed by atoms with Crippen LogP contribution >= 0.6 is 0 Å². The predicted molar refractivity (Wildman–Crippen MR) is 111 cm³/mol. The third-order valence-electron chi connectivity index (χ3n) is 5.25. The second-order valence-corrected chi connectivity index (χ2v) is 7.22. The van der Waals surface area contributed by atoms with Gasteiger partial charge in [0.1, 0.15) is 5.69 Å². The summed E-state index contributed by atoms with van der Waals surface area (Å²) in [5, 5.41) is 0. The average molecular weight is 376 g/mol. The lowest BCUT2D eigenvalue weighted by molar-refractivity contribution is 0.0988. The average Bonchev–Trinajstić information content (AvgIpc) is 3.25. The molecule has 3 heterocycles. The van der Waals surface area contributed by atoms with Gasteiger partial charge in [0, 0.05) is 43.9 Å². The molecular formula is C22H24N4O2. The fourth-order valence-electron chi connectivity index (χ4n) is 3.43. The van der Waals surface area contributed by atoms with Crippen LogP contribution in [0.25, 0.3) is 11.1 Å². The number of Topliss-reactive ketones (excluding diaryl/α,β-unsaturated/α-hetero) is 1. The Bertz CT molecular complexity index is 943. The summed E-state index contributed by atoms with van der Waals surface area (Å²) in [4.78, 5) is 21.8. The Morgan fingerprint density at radius 3 is 2.61 bits per heavy atom. The minimum absolute atomic E-state index is 0.0408. The molecule has 6 nitrogen and oxygen atoms in total. The zero-order valence-electron chi connectivity index (χ0n) is 16.0. The first-order valence-electron chi connectivity index (χ1n) is 9.44. The van der Waals surface area contributed by atoms with Crippen molar-refractivity contribution in [2.24, 2.45) is 0 Å². The molecule has 2 aromatic heterocycles. The molecule has 3 aromatic rings. The number of piperazine rings is 1. The number of aromatic nitrogens is 1. The molecule has 0 radical (unpaired) electrons. The summed E-state index contributed by atoms with van der Waals surface area (Å²) in [5.41, 5.74) is 11.0. The van der Waals surface area contributed by atoms with E-state index in [-0.39, 0.29) is 12.2 Å². The van der Waals surface area contributed by atoms with E-state index in [9.17, 15) is 4.79 Å². The van der Waals surface area contributed by atoms with Crippen LogP contribution in [0.15, 0.2) is 59.5 Å². The summed E-state index contributed by atoms with van der Waals surface area (Å²) in [5.74, 6) is -0.0408. The molecular weight excluding hydrogens is 352 g/mol. The van der Waals surface area contributed by atoms with E-state index >= 15 is 0 Å². The first-order chi connectivity index (χ1) is 13.6. The molecule has 1 aliphatic rings. The monoisotopic (exact) mass is 376 g/mol. The Balaban J connectivity index is 1.47. The van der Waals surface area contributed by atoms with Crippen LogP contribution in [-0.4, -0.2) is 48.9 Å².